The van der Waals surface area contributed by atoms with E-state index in [4.69, 9.17) is 0 Å². The number of aryl methyl sites for hydroxylation is 1. The highest BCUT2D eigenvalue weighted by molar-refractivity contribution is 5.79. The fourth-order valence-electron chi connectivity index (χ4n) is 2.42. The van der Waals surface area contributed by atoms with E-state index in [0.29, 0.717) is 6.04 Å². The van der Waals surface area contributed by atoms with E-state index in [9.17, 15) is 0 Å². The predicted molar refractivity (Wildman–Crippen MR) is 71.3 cm³/mol. The zero-order valence-electron chi connectivity index (χ0n) is 10.5. The Morgan fingerprint density at radius 3 is 3.06 bits per heavy atom. The van der Waals surface area contributed by atoms with Crippen LogP contribution in [0.3, 0.4) is 0 Å². The van der Waals surface area contributed by atoms with E-state index in [2.05, 4.69) is 40.4 Å². The van der Waals surface area contributed by atoms with E-state index in [0.717, 1.165) is 22.8 Å². The lowest BCUT2D eigenvalue weighted by Gasteiger charge is -2.14. The third kappa shape index (κ3) is 2.43. The molecule has 1 saturated carbocycles. The monoisotopic (exact) mass is 229 g/mol. The van der Waals surface area contributed by atoms with Crippen LogP contribution in [0.5, 0.6) is 0 Å². The number of fused-ring (bicyclic) bond motifs is 1. The summed E-state index contributed by atoms with van der Waals surface area (Å²) >= 11 is 0. The number of hydrogen-bond acceptors (Lipinski definition) is 2. The highest BCUT2D eigenvalue weighted by atomic mass is 14.9. The van der Waals surface area contributed by atoms with Crippen molar-refractivity contribution in [2.45, 2.75) is 39.2 Å². The van der Waals surface area contributed by atoms with Gasteiger partial charge in [0.15, 0.2) is 0 Å². The van der Waals surface area contributed by atoms with E-state index in [1.54, 1.807) is 0 Å². The van der Waals surface area contributed by atoms with E-state index in [-0.39, 0.29) is 0 Å². The third-order valence-corrected chi connectivity index (χ3v) is 3.40. The molecule has 1 fully saturated rings. The van der Waals surface area contributed by atoms with Gasteiger partial charge in [-0.15, -0.1) is 0 Å². The molecule has 3 nitrogen and oxygen atoms in total. The van der Waals surface area contributed by atoms with Gasteiger partial charge in [0.2, 0.25) is 0 Å². The number of H-pyrrole nitrogens is 1. The molecule has 3 rings (SSSR count). The zero-order chi connectivity index (χ0) is 11.8. The molecule has 0 saturated heterocycles. The summed E-state index contributed by atoms with van der Waals surface area (Å²) in [5, 5.41) is 3.57. The van der Waals surface area contributed by atoms with Gasteiger partial charge in [-0.2, -0.15) is 0 Å². The van der Waals surface area contributed by atoms with Gasteiger partial charge in [0, 0.05) is 11.7 Å². The van der Waals surface area contributed by atoms with E-state index in [1.165, 1.54) is 24.9 Å². The fraction of sp³-hybridized carbons (Fsp3) is 0.500. The van der Waals surface area contributed by atoms with Gasteiger partial charge in [-0.1, -0.05) is 12.8 Å². The van der Waals surface area contributed by atoms with Crippen LogP contribution in [-0.2, 0) is 0 Å². The Kier molecular flexibility index (Phi) is 2.54. The molecule has 90 valence electrons. The summed E-state index contributed by atoms with van der Waals surface area (Å²) in [7, 11) is 0. The molecule has 0 bridgehead atoms. The van der Waals surface area contributed by atoms with Crippen LogP contribution in [0.25, 0.3) is 11.0 Å². The first kappa shape index (κ1) is 10.6. The van der Waals surface area contributed by atoms with E-state index in [1.807, 2.05) is 6.92 Å². The number of aromatic nitrogens is 2. The van der Waals surface area contributed by atoms with Crippen LogP contribution in [0.15, 0.2) is 18.2 Å². The molecule has 1 aromatic heterocycles. The van der Waals surface area contributed by atoms with E-state index >= 15 is 0 Å². The summed E-state index contributed by atoms with van der Waals surface area (Å²) in [4.78, 5) is 7.68. The second kappa shape index (κ2) is 4.06. The SMILES string of the molecule is Cc1nc2ccc(NC(C)CC3CC3)cc2[nH]1. The maximum Gasteiger partial charge on any atom is 0.104 e. The van der Waals surface area contributed by atoms with Crippen molar-refractivity contribution in [1.82, 2.24) is 9.97 Å². The first-order chi connectivity index (χ1) is 8.20. The van der Waals surface area contributed by atoms with Crippen LogP contribution < -0.4 is 5.32 Å². The molecular formula is C14H19N3. The Hall–Kier alpha value is -1.51. The van der Waals surface area contributed by atoms with Crippen LogP contribution in [0, 0.1) is 12.8 Å². The molecule has 1 aromatic carbocycles. The van der Waals surface area contributed by atoms with Crippen LogP contribution in [0.4, 0.5) is 5.69 Å². The quantitative estimate of drug-likeness (QED) is 0.842. The molecule has 17 heavy (non-hydrogen) atoms. The smallest absolute Gasteiger partial charge is 0.104 e. The number of nitrogens with zero attached hydrogens (tertiary/aromatic N) is 1. The summed E-state index contributed by atoms with van der Waals surface area (Å²) in [6.45, 7) is 4.25. The standard InChI is InChI=1S/C14H19N3/c1-9(7-11-3-4-11)15-12-5-6-13-14(8-12)17-10(2)16-13/h5-6,8-9,11,15H,3-4,7H2,1-2H3,(H,16,17). The molecule has 1 aliphatic rings. The van der Waals surface area contributed by atoms with Gasteiger partial charge in [0.05, 0.1) is 11.0 Å². The van der Waals surface area contributed by atoms with Crippen molar-refractivity contribution < 1.29 is 0 Å². The molecule has 0 amide bonds. The Labute approximate surface area is 102 Å². The summed E-state index contributed by atoms with van der Waals surface area (Å²) < 4.78 is 0. The zero-order valence-corrected chi connectivity index (χ0v) is 10.5. The van der Waals surface area contributed by atoms with Crippen molar-refractivity contribution in [2.24, 2.45) is 5.92 Å². The number of aromatic amines is 1. The first-order valence-electron chi connectivity index (χ1n) is 6.43. The second-order valence-corrected chi connectivity index (χ2v) is 5.28. The topological polar surface area (TPSA) is 40.7 Å². The number of benzene rings is 1. The van der Waals surface area contributed by atoms with Gasteiger partial charge in [-0.05, 0) is 44.4 Å². The lowest BCUT2D eigenvalue weighted by molar-refractivity contribution is 0.642. The largest absolute Gasteiger partial charge is 0.383 e. The summed E-state index contributed by atoms with van der Waals surface area (Å²) in [6, 6.07) is 6.90. The van der Waals surface area contributed by atoms with Gasteiger partial charge in [0.1, 0.15) is 5.82 Å². The lowest BCUT2D eigenvalue weighted by Crippen LogP contribution is -2.15. The Morgan fingerprint density at radius 2 is 2.29 bits per heavy atom. The number of anilines is 1. The second-order valence-electron chi connectivity index (χ2n) is 5.28. The van der Waals surface area contributed by atoms with Crippen LogP contribution in [0.2, 0.25) is 0 Å². The molecule has 2 aromatic rings. The van der Waals surface area contributed by atoms with Crippen LogP contribution >= 0.6 is 0 Å². The van der Waals surface area contributed by atoms with Gasteiger partial charge in [-0.25, -0.2) is 4.98 Å². The lowest BCUT2D eigenvalue weighted by atomic mass is 10.1. The molecule has 1 aliphatic carbocycles. The Balaban J connectivity index is 1.74. The number of imidazole rings is 1. The molecule has 1 atom stereocenters. The predicted octanol–water partition coefficient (Wildman–Crippen LogP) is 3.47. The summed E-state index contributed by atoms with van der Waals surface area (Å²) in [6.07, 6.45) is 4.13. The van der Waals surface area contributed by atoms with Gasteiger partial charge in [-0.3, -0.25) is 0 Å². The van der Waals surface area contributed by atoms with Crippen molar-refractivity contribution in [1.29, 1.82) is 0 Å². The molecule has 1 unspecified atom stereocenters. The minimum absolute atomic E-state index is 0.559. The Morgan fingerprint density at radius 1 is 1.47 bits per heavy atom. The van der Waals surface area contributed by atoms with Crippen LogP contribution in [-0.4, -0.2) is 16.0 Å². The fourth-order valence-corrected chi connectivity index (χ4v) is 2.42. The molecule has 3 heteroatoms. The van der Waals surface area contributed by atoms with Crippen molar-refractivity contribution in [3.8, 4) is 0 Å². The minimum Gasteiger partial charge on any atom is -0.383 e. The van der Waals surface area contributed by atoms with Gasteiger partial charge < -0.3 is 10.3 Å². The molecular weight excluding hydrogens is 210 g/mol. The maximum absolute atomic E-state index is 4.41. The minimum atomic E-state index is 0.559. The molecule has 0 radical (unpaired) electrons. The average Bonchev–Trinajstić information content (AvgIpc) is 2.98. The van der Waals surface area contributed by atoms with Crippen molar-refractivity contribution >= 4 is 16.7 Å². The van der Waals surface area contributed by atoms with Crippen molar-refractivity contribution in [3.05, 3.63) is 24.0 Å². The number of rotatable bonds is 4. The van der Waals surface area contributed by atoms with E-state index < -0.39 is 0 Å². The number of nitrogens with one attached hydrogen (secondary N) is 2. The molecule has 2 N–H and O–H groups in total. The number of hydrogen-bond donors (Lipinski definition) is 2. The third-order valence-electron chi connectivity index (χ3n) is 3.40. The van der Waals surface area contributed by atoms with Crippen LogP contribution in [0.1, 0.15) is 32.0 Å². The average molecular weight is 229 g/mol. The van der Waals surface area contributed by atoms with Gasteiger partial charge in [0.25, 0.3) is 0 Å². The highest BCUT2D eigenvalue weighted by Gasteiger charge is 2.23. The molecule has 0 spiro atoms. The normalized spacial score (nSPS) is 17.3. The summed E-state index contributed by atoms with van der Waals surface area (Å²) in [5.74, 6) is 1.94. The van der Waals surface area contributed by atoms with Crippen molar-refractivity contribution in [2.75, 3.05) is 5.32 Å². The molecule has 1 heterocycles. The highest BCUT2D eigenvalue weighted by Crippen LogP contribution is 2.34. The van der Waals surface area contributed by atoms with Gasteiger partial charge >= 0.3 is 0 Å². The maximum atomic E-state index is 4.41. The Bertz CT molecular complexity index is 525. The molecule has 0 aliphatic heterocycles. The van der Waals surface area contributed by atoms with Crippen molar-refractivity contribution in [3.63, 3.8) is 0 Å². The first-order valence-corrected chi connectivity index (χ1v) is 6.43. The summed E-state index contributed by atoms with van der Waals surface area (Å²) in [5.41, 5.74) is 3.35.